The zero-order chi connectivity index (χ0) is 12.8. The molecule has 1 N–H and O–H groups in total. The van der Waals surface area contributed by atoms with E-state index in [1.54, 1.807) is 19.3 Å². The van der Waals surface area contributed by atoms with Crippen LogP contribution in [0, 0.1) is 0 Å². The molecule has 1 aromatic heterocycles. The number of aliphatic hydroxyl groups is 1. The van der Waals surface area contributed by atoms with Gasteiger partial charge >= 0.3 is 0 Å². The SMILES string of the molecule is C[C@@H](O)c1ccc(OCCc2ccncc2)cc1. The normalized spacial score (nSPS) is 12.1. The maximum atomic E-state index is 9.39. The summed E-state index contributed by atoms with van der Waals surface area (Å²) in [5.41, 5.74) is 2.11. The van der Waals surface area contributed by atoms with Gasteiger partial charge in [-0.1, -0.05) is 12.1 Å². The molecule has 0 aliphatic carbocycles. The van der Waals surface area contributed by atoms with Crippen LogP contribution in [0.5, 0.6) is 5.75 Å². The maximum absolute atomic E-state index is 9.39. The molecule has 0 fully saturated rings. The second-order valence-corrected chi connectivity index (χ2v) is 4.20. The Hall–Kier alpha value is -1.87. The molecule has 0 aliphatic heterocycles. The fraction of sp³-hybridized carbons (Fsp3) is 0.267. The van der Waals surface area contributed by atoms with Gasteiger partial charge in [0.15, 0.2) is 0 Å². The van der Waals surface area contributed by atoms with Crippen LogP contribution < -0.4 is 4.74 Å². The van der Waals surface area contributed by atoms with Gasteiger partial charge < -0.3 is 9.84 Å². The van der Waals surface area contributed by atoms with Gasteiger partial charge in [0, 0.05) is 18.8 Å². The lowest BCUT2D eigenvalue weighted by Gasteiger charge is -2.08. The topological polar surface area (TPSA) is 42.4 Å². The second-order valence-electron chi connectivity index (χ2n) is 4.20. The van der Waals surface area contributed by atoms with E-state index in [0.717, 1.165) is 17.7 Å². The third kappa shape index (κ3) is 3.57. The van der Waals surface area contributed by atoms with E-state index in [9.17, 15) is 5.11 Å². The van der Waals surface area contributed by atoms with Gasteiger partial charge in [0.1, 0.15) is 5.75 Å². The second kappa shape index (κ2) is 6.17. The van der Waals surface area contributed by atoms with Crippen molar-refractivity contribution in [1.29, 1.82) is 0 Å². The molecule has 0 bridgehead atoms. The molecular weight excluding hydrogens is 226 g/mol. The first-order chi connectivity index (χ1) is 8.75. The number of hydrogen-bond acceptors (Lipinski definition) is 3. The molecule has 2 aromatic rings. The smallest absolute Gasteiger partial charge is 0.119 e. The average Bonchev–Trinajstić information content (AvgIpc) is 2.40. The van der Waals surface area contributed by atoms with Gasteiger partial charge in [0.05, 0.1) is 12.7 Å². The van der Waals surface area contributed by atoms with Crippen LogP contribution in [0.1, 0.15) is 24.2 Å². The average molecular weight is 243 g/mol. The van der Waals surface area contributed by atoms with E-state index in [1.165, 1.54) is 5.56 Å². The van der Waals surface area contributed by atoms with Crippen molar-refractivity contribution in [2.24, 2.45) is 0 Å². The lowest BCUT2D eigenvalue weighted by molar-refractivity contribution is 0.199. The number of rotatable bonds is 5. The quantitative estimate of drug-likeness (QED) is 0.878. The summed E-state index contributed by atoms with van der Waals surface area (Å²) in [6, 6.07) is 11.5. The van der Waals surface area contributed by atoms with Crippen LogP contribution in [0.15, 0.2) is 48.8 Å². The molecule has 94 valence electrons. The van der Waals surface area contributed by atoms with E-state index in [2.05, 4.69) is 4.98 Å². The molecule has 2 rings (SSSR count). The van der Waals surface area contributed by atoms with E-state index in [0.29, 0.717) is 6.61 Å². The van der Waals surface area contributed by atoms with Crippen molar-refractivity contribution in [2.75, 3.05) is 6.61 Å². The van der Waals surface area contributed by atoms with Crippen LogP contribution in [0.3, 0.4) is 0 Å². The Bertz CT molecular complexity index is 466. The number of pyridine rings is 1. The highest BCUT2D eigenvalue weighted by atomic mass is 16.5. The molecule has 0 spiro atoms. The van der Waals surface area contributed by atoms with E-state index in [1.807, 2.05) is 36.4 Å². The van der Waals surface area contributed by atoms with Gasteiger partial charge in [-0.15, -0.1) is 0 Å². The van der Waals surface area contributed by atoms with Gasteiger partial charge in [-0.25, -0.2) is 0 Å². The number of aliphatic hydroxyl groups excluding tert-OH is 1. The van der Waals surface area contributed by atoms with Gasteiger partial charge in [-0.05, 0) is 42.3 Å². The van der Waals surface area contributed by atoms with Crippen molar-refractivity contribution in [1.82, 2.24) is 4.98 Å². The summed E-state index contributed by atoms with van der Waals surface area (Å²) in [5, 5.41) is 9.39. The van der Waals surface area contributed by atoms with Crippen molar-refractivity contribution in [3.8, 4) is 5.75 Å². The Balaban J connectivity index is 1.83. The zero-order valence-corrected chi connectivity index (χ0v) is 10.4. The predicted molar refractivity (Wildman–Crippen MR) is 70.5 cm³/mol. The Kier molecular flexibility index (Phi) is 4.31. The van der Waals surface area contributed by atoms with Crippen LogP contribution in [-0.4, -0.2) is 16.7 Å². The summed E-state index contributed by atoms with van der Waals surface area (Å²) in [7, 11) is 0. The fourth-order valence-electron chi connectivity index (χ4n) is 1.68. The van der Waals surface area contributed by atoms with Gasteiger partial charge in [0.2, 0.25) is 0 Å². The summed E-state index contributed by atoms with van der Waals surface area (Å²) in [5.74, 6) is 0.827. The fourth-order valence-corrected chi connectivity index (χ4v) is 1.68. The minimum atomic E-state index is -0.434. The number of aromatic nitrogens is 1. The lowest BCUT2D eigenvalue weighted by atomic mass is 10.1. The highest BCUT2D eigenvalue weighted by Crippen LogP contribution is 2.17. The van der Waals surface area contributed by atoms with Gasteiger partial charge in [-0.2, -0.15) is 0 Å². The predicted octanol–water partition coefficient (Wildman–Crippen LogP) is 2.76. The molecule has 1 aromatic carbocycles. The summed E-state index contributed by atoms with van der Waals surface area (Å²) in [6.45, 7) is 2.39. The Morgan fingerprint density at radius 3 is 2.39 bits per heavy atom. The Labute approximate surface area is 107 Å². The highest BCUT2D eigenvalue weighted by Gasteiger charge is 2.00. The Morgan fingerprint density at radius 1 is 1.11 bits per heavy atom. The zero-order valence-electron chi connectivity index (χ0n) is 10.4. The van der Waals surface area contributed by atoms with Crippen molar-refractivity contribution < 1.29 is 9.84 Å². The Morgan fingerprint density at radius 2 is 1.78 bits per heavy atom. The molecule has 0 aliphatic rings. The lowest BCUT2D eigenvalue weighted by Crippen LogP contribution is -2.01. The standard InChI is InChI=1S/C15H17NO2/c1-12(17)14-2-4-15(5-3-14)18-11-8-13-6-9-16-10-7-13/h2-7,9-10,12,17H,8,11H2,1H3/t12-/m1/s1. The van der Waals surface area contributed by atoms with Crippen LogP contribution in [0.25, 0.3) is 0 Å². The number of ether oxygens (including phenoxy) is 1. The molecule has 1 atom stereocenters. The van der Waals surface area contributed by atoms with E-state index in [-0.39, 0.29) is 0 Å². The number of hydrogen-bond donors (Lipinski definition) is 1. The number of benzene rings is 1. The van der Waals surface area contributed by atoms with Crippen LogP contribution in [0.4, 0.5) is 0 Å². The summed E-state index contributed by atoms with van der Waals surface area (Å²) >= 11 is 0. The highest BCUT2D eigenvalue weighted by molar-refractivity contribution is 5.28. The van der Waals surface area contributed by atoms with Crippen molar-refractivity contribution in [2.45, 2.75) is 19.4 Å². The summed E-state index contributed by atoms with van der Waals surface area (Å²) in [6.07, 6.45) is 4.00. The molecular formula is C15H17NO2. The van der Waals surface area contributed by atoms with Gasteiger partial charge in [0.25, 0.3) is 0 Å². The van der Waals surface area contributed by atoms with E-state index >= 15 is 0 Å². The summed E-state index contributed by atoms with van der Waals surface area (Å²) in [4.78, 5) is 3.97. The molecule has 0 saturated heterocycles. The van der Waals surface area contributed by atoms with E-state index in [4.69, 9.17) is 4.74 Å². The molecule has 0 amide bonds. The molecule has 3 nitrogen and oxygen atoms in total. The number of nitrogens with zero attached hydrogens (tertiary/aromatic N) is 1. The van der Waals surface area contributed by atoms with Crippen LogP contribution in [0.2, 0.25) is 0 Å². The maximum Gasteiger partial charge on any atom is 0.119 e. The van der Waals surface area contributed by atoms with E-state index < -0.39 is 6.10 Å². The first-order valence-electron chi connectivity index (χ1n) is 6.05. The molecule has 0 radical (unpaired) electrons. The minimum absolute atomic E-state index is 0.434. The van der Waals surface area contributed by atoms with Crippen LogP contribution in [-0.2, 0) is 6.42 Å². The van der Waals surface area contributed by atoms with Crippen molar-refractivity contribution in [3.63, 3.8) is 0 Å². The third-order valence-electron chi connectivity index (χ3n) is 2.77. The molecule has 3 heteroatoms. The monoisotopic (exact) mass is 243 g/mol. The first kappa shape index (κ1) is 12.6. The van der Waals surface area contributed by atoms with Crippen molar-refractivity contribution >= 4 is 0 Å². The molecule has 0 unspecified atom stereocenters. The van der Waals surface area contributed by atoms with Crippen molar-refractivity contribution in [3.05, 3.63) is 59.9 Å². The van der Waals surface area contributed by atoms with Crippen LogP contribution >= 0.6 is 0 Å². The molecule has 1 heterocycles. The summed E-state index contributed by atoms with van der Waals surface area (Å²) < 4.78 is 5.64. The first-order valence-corrected chi connectivity index (χ1v) is 6.05. The molecule has 0 saturated carbocycles. The minimum Gasteiger partial charge on any atom is -0.493 e. The van der Waals surface area contributed by atoms with Gasteiger partial charge in [-0.3, -0.25) is 4.98 Å². The largest absolute Gasteiger partial charge is 0.493 e. The molecule has 18 heavy (non-hydrogen) atoms. The third-order valence-corrected chi connectivity index (χ3v) is 2.77.